The van der Waals surface area contributed by atoms with E-state index in [-0.39, 0.29) is 10.9 Å². The second kappa shape index (κ2) is 7.15. The summed E-state index contributed by atoms with van der Waals surface area (Å²) in [7, 11) is 0. The van der Waals surface area contributed by atoms with Crippen molar-refractivity contribution in [3.05, 3.63) is 65.7 Å². The average molecular weight is 386 g/mol. The Morgan fingerprint density at radius 2 is 1.79 bits per heavy atom. The summed E-state index contributed by atoms with van der Waals surface area (Å²) in [6, 6.07) is 14.4. The molecule has 0 saturated carbocycles. The first-order chi connectivity index (χ1) is 13.2. The topological polar surface area (TPSA) is 93.2 Å². The molecule has 3 aromatic carbocycles. The number of benzene rings is 3. The molecule has 28 heavy (non-hydrogen) atoms. The van der Waals surface area contributed by atoms with Crippen LogP contribution in [0.1, 0.15) is 15.9 Å². The van der Waals surface area contributed by atoms with Crippen LogP contribution in [0.3, 0.4) is 0 Å². The maximum atomic E-state index is 12.6. The molecule has 0 heterocycles. The molecule has 0 unspecified atom stereocenters. The minimum Gasteiger partial charge on any atom is -0.418 e. The number of ether oxygens (including phenoxy) is 1. The highest BCUT2D eigenvalue weighted by atomic mass is 19.4. The van der Waals surface area contributed by atoms with Crippen molar-refractivity contribution in [1.29, 1.82) is 5.41 Å². The lowest BCUT2D eigenvalue weighted by atomic mass is 9.96. The van der Waals surface area contributed by atoms with Gasteiger partial charge in [0.05, 0.1) is 5.56 Å². The number of nitrogens with one attached hydrogen (secondary N) is 1. The summed E-state index contributed by atoms with van der Waals surface area (Å²) in [5, 5.41) is 8.18. The highest BCUT2D eigenvalue weighted by Gasteiger charge is 2.42. The SMILES string of the molecule is N=C(N)c1ccc2cc(-c3ccccc3C=O)ccc2c1OC(=O)C(F)(F)F. The smallest absolute Gasteiger partial charge is 0.418 e. The third-order valence-corrected chi connectivity index (χ3v) is 4.09. The minimum absolute atomic E-state index is 0.133. The van der Waals surface area contributed by atoms with Crippen molar-refractivity contribution in [1.82, 2.24) is 0 Å². The number of fused-ring (bicyclic) bond motifs is 1. The van der Waals surface area contributed by atoms with Crippen molar-refractivity contribution in [2.75, 3.05) is 0 Å². The number of carbonyl (C=O) groups is 2. The van der Waals surface area contributed by atoms with Crippen LogP contribution < -0.4 is 10.5 Å². The molecular weight excluding hydrogens is 373 g/mol. The first kappa shape index (κ1) is 19.1. The third-order valence-electron chi connectivity index (χ3n) is 4.09. The molecule has 0 aromatic heterocycles. The number of hydrogen-bond acceptors (Lipinski definition) is 4. The van der Waals surface area contributed by atoms with Gasteiger partial charge in [0, 0.05) is 10.9 Å². The summed E-state index contributed by atoms with van der Waals surface area (Å²) in [4.78, 5) is 22.6. The van der Waals surface area contributed by atoms with E-state index >= 15 is 0 Å². The van der Waals surface area contributed by atoms with Gasteiger partial charge >= 0.3 is 12.1 Å². The predicted molar refractivity (Wildman–Crippen MR) is 97.5 cm³/mol. The van der Waals surface area contributed by atoms with E-state index in [0.29, 0.717) is 28.4 Å². The van der Waals surface area contributed by atoms with Crippen LogP contribution in [0.2, 0.25) is 0 Å². The van der Waals surface area contributed by atoms with E-state index in [4.69, 9.17) is 11.1 Å². The van der Waals surface area contributed by atoms with Crippen molar-refractivity contribution < 1.29 is 27.5 Å². The maximum Gasteiger partial charge on any atom is 0.491 e. The second-order valence-electron chi connectivity index (χ2n) is 5.88. The number of nitrogen functional groups attached to an aromatic ring is 1. The number of alkyl halides is 3. The summed E-state index contributed by atoms with van der Waals surface area (Å²) < 4.78 is 42.5. The van der Waals surface area contributed by atoms with Gasteiger partial charge < -0.3 is 10.5 Å². The zero-order chi connectivity index (χ0) is 20.5. The van der Waals surface area contributed by atoms with E-state index in [1.165, 1.54) is 12.1 Å². The predicted octanol–water partition coefficient (Wildman–Crippen LogP) is 4.07. The Labute approximate surface area is 157 Å². The van der Waals surface area contributed by atoms with Gasteiger partial charge in [0.25, 0.3) is 0 Å². The van der Waals surface area contributed by atoms with Crippen LogP contribution in [0.4, 0.5) is 13.2 Å². The monoisotopic (exact) mass is 386 g/mol. The van der Waals surface area contributed by atoms with Gasteiger partial charge in [-0.05, 0) is 34.7 Å². The molecule has 0 radical (unpaired) electrons. The molecule has 0 aliphatic rings. The summed E-state index contributed by atoms with van der Waals surface area (Å²) in [5.41, 5.74) is 7.03. The third kappa shape index (κ3) is 3.57. The fraction of sp³-hybridized carbons (Fsp3) is 0.0500. The molecule has 0 bridgehead atoms. The van der Waals surface area contributed by atoms with Crippen LogP contribution in [0.15, 0.2) is 54.6 Å². The molecule has 5 nitrogen and oxygen atoms in total. The van der Waals surface area contributed by atoms with Crippen molar-refractivity contribution in [3.63, 3.8) is 0 Å². The first-order valence-electron chi connectivity index (χ1n) is 7.97. The Bertz CT molecular complexity index is 1110. The Morgan fingerprint density at radius 1 is 1.07 bits per heavy atom. The van der Waals surface area contributed by atoms with Crippen LogP contribution in [-0.2, 0) is 4.79 Å². The first-order valence-corrected chi connectivity index (χ1v) is 7.97. The van der Waals surface area contributed by atoms with Crippen molar-refractivity contribution in [2.45, 2.75) is 6.18 Å². The number of nitrogens with two attached hydrogens (primary N) is 1. The molecule has 0 amide bonds. The van der Waals surface area contributed by atoms with E-state index in [9.17, 15) is 22.8 Å². The van der Waals surface area contributed by atoms with Gasteiger partial charge in [-0.15, -0.1) is 0 Å². The normalized spacial score (nSPS) is 11.2. The Hall–Kier alpha value is -3.68. The molecule has 0 aliphatic heterocycles. The molecular formula is C20H13F3N2O3. The zero-order valence-corrected chi connectivity index (χ0v) is 14.2. The van der Waals surface area contributed by atoms with Crippen molar-refractivity contribution in [3.8, 4) is 16.9 Å². The fourth-order valence-corrected chi connectivity index (χ4v) is 2.80. The van der Waals surface area contributed by atoms with Crippen molar-refractivity contribution in [2.24, 2.45) is 5.73 Å². The van der Waals surface area contributed by atoms with Crippen LogP contribution in [0, 0.1) is 5.41 Å². The van der Waals surface area contributed by atoms with Gasteiger partial charge in [-0.1, -0.05) is 36.4 Å². The molecule has 0 aliphatic carbocycles. The highest BCUT2D eigenvalue weighted by molar-refractivity contribution is 6.06. The quantitative estimate of drug-likeness (QED) is 0.232. The number of carbonyl (C=O) groups excluding carboxylic acids is 2. The molecule has 0 spiro atoms. The van der Waals surface area contributed by atoms with Gasteiger partial charge in [0.1, 0.15) is 11.6 Å². The van der Waals surface area contributed by atoms with Crippen molar-refractivity contribution >= 4 is 28.9 Å². The number of amidine groups is 1. The largest absolute Gasteiger partial charge is 0.491 e. The lowest BCUT2D eigenvalue weighted by Crippen LogP contribution is -2.29. The van der Waals surface area contributed by atoms with Crippen LogP contribution in [-0.4, -0.2) is 24.3 Å². The zero-order valence-electron chi connectivity index (χ0n) is 14.2. The van der Waals surface area contributed by atoms with E-state index in [1.54, 1.807) is 42.5 Å². The fourth-order valence-electron chi connectivity index (χ4n) is 2.80. The maximum absolute atomic E-state index is 12.6. The molecule has 3 aromatic rings. The van der Waals surface area contributed by atoms with Gasteiger partial charge in [-0.25, -0.2) is 4.79 Å². The summed E-state index contributed by atoms with van der Waals surface area (Å²) in [6.45, 7) is 0. The minimum atomic E-state index is -5.20. The van der Waals surface area contributed by atoms with Crippen LogP contribution in [0.25, 0.3) is 21.9 Å². The summed E-state index contributed by atoms with van der Waals surface area (Å²) in [5.74, 6) is -3.39. The molecule has 0 fully saturated rings. The van der Waals surface area contributed by atoms with Gasteiger partial charge in [0.2, 0.25) is 0 Å². The van der Waals surface area contributed by atoms with Gasteiger partial charge in [-0.2, -0.15) is 13.2 Å². The number of esters is 1. The van der Waals surface area contributed by atoms with E-state index in [0.717, 1.165) is 0 Å². The standard InChI is InChI=1S/C20H13F3N2O3/c21-20(22,23)19(27)28-17-15-7-5-11(14-4-2-1-3-13(14)10-26)9-12(15)6-8-16(17)18(24)25/h1-10H,(H3,24,25). The van der Waals surface area contributed by atoms with E-state index in [2.05, 4.69) is 4.74 Å². The molecule has 3 rings (SSSR count). The number of halogens is 3. The lowest BCUT2D eigenvalue weighted by molar-refractivity contribution is -0.189. The van der Waals surface area contributed by atoms with Crippen LogP contribution >= 0.6 is 0 Å². The lowest BCUT2D eigenvalue weighted by Gasteiger charge is -2.14. The summed E-state index contributed by atoms with van der Waals surface area (Å²) >= 11 is 0. The van der Waals surface area contributed by atoms with E-state index < -0.39 is 23.7 Å². The average Bonchev–Trinajstić information content (AvgIpc) is 2.66. The molecule has 3 N–H and O–H groups in total. The molecule has 8 heteroatoms. The molecule has 142 valence electrons. The molecule has 0 saturated heterocycles. The second-order valence-corrected chi connectivity index (χ2v) is 5.88. The Kier molecular flexibility index (Phi) is 4.87. The van der Waals surface area contributed by atoms with Gasteiger partial charge in [0.15, 0.2) is 6.29 Å². The molecule has 0 atom stereocenters. The number of aldehydes is 1. The highest BCUT2D eigenvalue weighted by Crippen LogP contribution is 2.35. The Morgan fingerprint density at radius 3 is 2.43 bits per heavy atom. The summed E-state index contributed by atoms with van der Waals surface area (Å²) in [6.07, 6.45) is -4.49. The van der Waals surface area contributed by atoms with Gasteiger partial charge in [-0.3, -0.25) is 10.2 Å². The number of hydrogen-bond donors (Lipinski definition) is 2. The van der Waals surface area contributed by atoms with E-state index in [1.807, 2.05) is 0 Å². The number of rotatable bonds is 4. The Balaban J connectivity index is 2.19. The van der Waals surface area contributed by atoms with Crippen LogP contribution in [0.5, 0.6) is 5.75 Å².